The minimum Gasteiger partial charge on any atom is -0.399 e. The molecular formula is C16H24N2O2. The standard InChI is InChI=1S/C16H24N2O2/c1-3-15-14(9-10-20-15)16(19)18(4-2)11-12-5-7-13(17)8-6-12/h5-8,14-15H,3-4,9-11,17H2,1-2H3. The number of anilines is 1. The molecule has 0 aliphatic carbocycles. The van der Waals surface area contributed by atoms with Gasteiger partial charge in [-0.05, 0) is 37.5 Å². The van der Waals surface area contributed by atoms with Gasteiger partial charge in [0.15, 0.2) is 0 Å². The van der Waals surface area contributed by atoms with Crippen molar-refractivity contribution in [3.05, 3.63) is 29.8 Å². The molecule has 0 radical (unpaired) electrons. The van der Waals surface area contributed by atoms with Crippen molar-refractivity contribution < 1.29 is 9.53 Å². The lowest BCUT2D eigenvalue weighted by Crippen LogP contribution is -2.38. The van der Waals surface area contributed by atoms with Gasteiger partial charge in [-0.25, -0.2) is 0 Å². The van der Waals surface area contributed by atoms with Crippen LogP contribution in [0.5, 0.6) is 0 Å². The fourth-order valence-electron chi connectivity index (χ4n) is 2.76. The Labute approximate surface area is 120 Å². The number of hydrogen-bond acceptors (Lipinski definition) is 3. The van der Waals surface area contributed by atoms with Crippen molar-refractivity contribution in [2.45, 2.75) is 39.3 Å². The molecule has 4 heteroatoms. The molecule has 2 rings (SSSR count). The van der Waals surface area contributed by atoms with Gasteiger partial charge < -0.3 is 15.4 Å². The fourth-order valence-corrected chi connectivity index (χ4v) is 2.76. The molecule has 0 spiro atoms. The van der Waals surface area contributed by atoms with Crippen molar-refractivity contribution in [1.29, 1.82) is 0 Å². The van der Waals surface area contributed by atoms with Crippen molar-refractivity contribution >= 4 is 11.6 Å². The van der Waals surface area contributed by atoms with Gasteiger partial charge in [-0.2, -0.15) is 0 Å². The molecular weight excluding hydrogens is 252 g/mol. The number of carbonyl (C=O) groups excluding carboxylic acids is 1. The molecule has 1 fully saturated rings. The minimum atomic E-state index is 0.0220. The highest BCUT2D eigenvalue weighted by molar-refractivity contribution is 5.79. The summed E-state index contributed by atoms with van der Waals surface area (Å²) in [6.45, 7) is 6.16. The summed E-state index contributed by atoms with van der Waals surface area (Å²) in [6.07, 6.45) is 1.83. The molecule has 1 aliphatic heterocycles. The molecule has 2 atom stereocenters. The van der Waals surface area contributed by atoms with Crippen LogP contribution in [-0.2, 0) is 16.1 Å². The Morgan fingerprint density at radius 1 is 1.35 bits per heavy atom. The average Bonchev–Trinajstić information content (AvgIpc) is 2.94. The maximum absolute atomic E-state index is 12.6. The van der Waals surface area contributed by atoms with E-state index in [0.29, 0.717) is 13.2 Å². The minimum absolute atomic E-state index is 0.0220. The lowest BCUT2D eigenvalue weighted by molar-refractivity contribution is -0.137. The second-order valence-electron chi connectivity index (χ2n) is 5.31. The van der Waals surface area contributed by atoms with Crippen LogP contribution >= 0.6 is 0 Å². The summed E-state index contributed by atoms with van der Waals surface area (Å²) in [4.78, 5) is 14.5. The third-order valence-electron chi connectivity index (χ3n) is 3.98. The third-order valence-corrected chi connectivity index (χ3v) is 3.98. The third kappa shape index (κ3) is 3.31. The van der Waals surface area contributed by atoms with Crippen LogP contribution < -0.4 is 5.73 Å². The molecule has 110 valence electrons. The van der Waals surface area contributed by atoms with E-state index in [1.54, 1.807) is 0 Å². The second-order valence-corrected chi connectivity index (χ2v) is 5.31. The van der Waals surface area contributed by atoms with Gasteiger partial charge >= 0.3 is 0 Å². The number of nitrogen functional groups attached to an aromatic ring is 1. The zero-order chi connectivity index (χ0) is 14.5. The summed E-state index contributed by atoms with van der Waals surface area (Å²) in [5, 5.41) is 0. The summed E-state index contributed by atoms with van der Waals surface area (Å²) in [6, 6.07) is 7.71. The van der Waals surface area contributed by atoms with Crippen LogP contribution in [0.1, 0.15) is 32.3 Å². The number of nitrogens with zero attached hydrogens (tertiary/aromatic N) is 1. The van der Waals surface area contributed by atoms with E-state index in [0.717, 1.165) is 30.6 Å². The summed E-state index contributed by atoms with van der Waals surface area (Å²) in [7, 11) is 0. The average molecular weight is 276 g/mol. The lowest BCUT2D eigenvalue weighted by Gasteiger charge is -2.26. The normalized spacial score (nSPS) is 21.9. The Morgan fingerprint density at radius 3 is 2.65 bits per heavy atom. The van der Waals surface area contributed by atoms with Crippen LogP contribution in [0.25, 0.3) is 0 Å². The van der Waals surface area contributed by atoms with E-state index in [9.17, 15) is 4.79 Å². The van der Waals surface area contributed by atoms with Gasteiger partial charge in [0.05, 0.1) is 12.0 Å². The maximum Gasteiger partial charge on any atom is 0.228 e. The topological polar surface area (TPSA) is 55.6 Å². The van der Waals surface area contributed by atoms with E-state index in [4.69, 9.17) is 10.5 Å². The summed E-state index contributed by atoms with van der Waals surface area (Å²) >= 11 is 0. The summed E-state index contributed by atoms with van der Waals surface area (Å²) in [5.74, 6) is 0.238. The molecule has 1 heterocycles. The molecule has 1 aromatic rings. The first-order chi connectivity index (χ1) is 9.65. The van der Waals surface area contributed by atoms with Gasteiger partial charge in [-0.1, -0.05) is 19.1 Å². The van der Waals surface area contributed by atoms with Gasteiger partial charge in [0.1, 0.15) is 0 Å². The van der Waals surface area contributed by atoms with E-state index < -0.39 is 0 Å². The predicted octanol–water partition coefficient (Wildman–Crippen LogP) is 2.43. The highest BCUT2D eigenvalue weighted by Gasteiger charge is 2.35. The van der Waals surface area contributed by atoms with Crippen molar-refractivity contribution in [3.63, 3.8) is 0 Å². The zero-order valence-corrected chi connectivity index (χ0v) is 12.3. The van der Waals surface area contributed by atoms with Gasteiger partial charge in [-0.3, -0.25) is 4.79 Å². The molecule has 0 aromatic heterocycles. The lowest BCUT2D eigenvalue weighted by atomic mass is 9.97. The highest BCUT2D eigenvalue weighted by atomic mass is 16.5. The van der Waals surface area contributed by atoms with Gasteiger partial charge in [0, 0.05) is 25.4 Å². The SMILES string of the molecule is CCC1OCCC1C(=O)N(CC)Cc1ccc(N)cc1. The van der Waals surface area contributed by atoms with E-state index in [2.05, 4.69) is 6.92 Å². The van der Waals surface area contributed by atoms with Crippen LogP contribution in [0.2, 0.25) is 0 Å². The molecule has 2 N–H and O–H groups in total. The van der Waals surface area contributed by atoms with Crippen molar-refractivity contribution in [2.24, 2.45) is 5.92 Å². The number of amides is 1. The number of carbonyl (C=O) groups is 1. The number of hydrogen-bond donors (Lipinski definition) is 1. The van der Waals surface area contributed by atoms with Crippen molar-refractivity contribution in [1.82, 2.24) is 4.90 Å². The number of benzene rings is 1. The Morgan fingerprint density at radius 2 is 2.05 bits per heavy atom. The largest absolute Gasteiger partial charge is 0.399 e. The molecule has 4 nitrogen and oxygen atoms in total. The maximum atomic E-state index is 12.6. The van der Waals surface area contributed by atoms with E-state index >= 15 is 0 Å². The molecule has 1 aliphatic rings. The summed E-state index contributed by atoms with van der Waals surface area (Å²) < 4.78 is 5.63. The van der Waals surface area contributed by atoms with Crippen molar-refractivity contribution in [2.75, 3.05) is 18.9 Å². The summed E-state index contributed by atoms with van der Waals surface area (Å²) in [5.41, 5.74) is 7.55. The Kier molecular flexibility index (Phi) is 5.01. The fraction of sp³-hybridized carbons (Fsp3) is 0.562. The predicted molar refractivity (Wildman–Crippen MR) is 80.1 cm³/mol. The van der Waals surface area contributed by atoms with Gasteiger partial charge in [0.2, 0.25) is 5.91 Å². The molecule has 20 heavy (non-hydrogen) atoms. The molecule has 0 bridgehead atoms. The van der Waals surface area contributed by atoms with Crippen LogP contribution in [0.3, 0.4) is 0 Å². The monoisotopic (exact) mass is 276 g/mol. The molecule has 1 aromatic carbocycles. The van der Waals surface area contributed by atoms with E-state index in [1.165, 1.54) is 0 Å². The Bertz CT molecular complexity index is 444. The van der Waals surface area contributed by atoms with Crippen molar-refractivity contribution in [3.8, 4) is 0 Å². The first-order valence-electron chi connectivity index (χ1n) is 7.40. The number of rotatable bonds is 5. The van der Waals surface area contributed by atoms with Crippen LogP contribution in [0.4, 0.5) is 5.69 Å². The molecule has 0 saturated carbocycles. The van der Waals surface area contributed by atoms with Gasteiger partial charge in [-0.15, -0.1) is 0 Å². The highest BCUT2D eigenvalue weighted by Crippen LogP contribution is 2.26. The second kappa shape index (κ2) is 6.75. The Hall–Kier alpha value is -1.55. The number of ether oxygens (including phenoxy) is 1. The van der Waals surface area contributed by atoms with E-state index in [-0.39, 0.29) is 17.9 Å². The molecule has 1 amide bonds. The first kappa shape index (κ1) is 14.9. The molecule has 1 saturated heterocycles. The molecule has 2 unspecified atom stereocenters. The smallest absolute Gasteiger partial charge is 0.228 e. The van der Waals surface area contributed by atoms with Crippen LogP contribution in [0.15, 0.2) is 24.3 Å². The first-order valence-corrected chi connectivity index (χ1v) is 7.40. The van der Waals surface area contributed by atoms with Gasteiger partial charge in [0.25, 0.3) is 0 Å². The quantitative estimate of drug-likeness (QED) is 0.840. The van der Waals surface area contributed by atoms with Crippen LogP contribution in [0, 0.1) is 5.92 Å². The van der Waals surface area contributed by atoms with E-state index in [1.807, 2.05) is 36.1 Å². The van der Waals surface area contributed by atoms with Crippen LogP contribution in [-0.4, -0.2) is 30.1 Å². The number of nitrogens with two attached hydrogens (primary N) is 1. The Balaban J connectivity index is 2.03. The zero-order valence-electron chi connectivity index (χ0n) is 12.3.